The smallest absolute Gasteiger partial charge is 0.227 e. The van der Waals surface area contributed by atoms with E-state index in [1.54, 1.807) is 14.2 Å². The molecule has 140 valence electrons. The van der Waals surface area contributed by atoms with Gasteiger partial charge < -0.3 is 19.4 Å². The molecule has 6 heteroatoms. The average molecular weight is 385 g/mol. The molecule has 0 saturated heterocycles. The Hall–Kier alpha value is -2.66. The lowest BCUT2D eigenvalue weighted by Gasteiger charge is -2.27. The summed E-state index contributed by atoms with van der Waals surface area (Å²) >= 11 is 6.16. The Labute approximate surface area is 162 Å². The van der Waals surface area contributed by atoms with Crippen LogP contribution in [0.4, 0.5) is 0 Å². The van der Waals surface area contributed by atoms with E-state index in [0.29, 0.717) is 36.0 Å². The molecule has 27 heavy (non-hydrogen) atoms. The van der Waals surface area contributed by atoms with E-state index >= 15 is 0 Å². The maximum atomic E-state index is 12.9. The third kappa shape index (κ3) is 3.35. The molecule has 0 atom stereocenters. The normalized spacial score (nSPS) is 13.5. The Kier molecular flexibility index (Phi) is 4.70. The summed E-state index contributed by atoms with van der Waals surface area (Å²) < 4.78 is 10.6. The van der Waals surface area contributed by atoms with Gasteiger partial charge in [-0.2, -0.15) is 0 Å². The largest absolute Gasteiger partial charge is 0.493 e. The molecule has 0 fully saturated rings. The molecular formula is C21H21ClN2O3. The van der Waals surface area contributed by atoms with Crippen LogP contribution in [0, 0.1) is 0 Å². The second kappa shape index (κ2) is 7.16. The number of hydrogen-bond acceptors (Lipinski definition) is 3. The van der Waals surface area contributed by atoms with E-state index < -0.39 is 0 Å². The number of benzene rings is 2. The van der Waals surface area contributed by atoms with Gasteiger partial charge in [-0.25, -0.2) is 0 Å². The molecule has 2 heterocycles. The van der Waals surface area contributed by atoms with Crippen molar-refractivity contribution in [2.75, 3.05) is 20.8 Å². The van der Waals surface area contributed by atoms with E-state index in [-0.39, 0.29) is 5.91 Å². The summed E-state index contributed by atoms with van der Waals surface area (Å²) in [5, 5.41) is 1.80. The van der Waals surface area contributed by atoms with Crippen LogP contribution >= 0.6 is 11.6 Å². The van der Waals surface area contributed by atoms with E-state index in [0.717, 1.165) is 22.9 Å². The lowest BCUT2D eigenvalue weighted by molar-refractivity contribution is -0.131. The number of carbonyl (C=O) groups is 1. The van der Waals surface area contributed by atoms with Crippen LogP contribution in [0.2, 0.25) is 5.02 Å². The van der Waals surface area contributed by atoms with Crippen molar-refractivity contribution < 1.29 is 14.3 Å². The zero-order valence-corrected chi connectivity index (χ0v) is 16.1. The van der Waals surface area contributed by atoms with E-state index in [1.165, 1.54) is 11.3 Å². The molecule has 1 N–H and O–H groups in total. The standard InChI is InChI=1S/C21H21ClN2O3/c1-26-19-6-3-13(9-20(19)27-2)10-21(25)24-8-7-18-16(12-24)15-11-14(22)4-5-17(15)23-18/h3-6,9,11,23H,7-8,10,12H2,1-2H3. The van der Waals surface area contributed by atoms with Crippen LogP contribution in [-0.4, -0.2) is 36.6 Å². The third-order valence-electron chi connectivity index (χ3n) is 5.09. The van der Waals surface area contributed by atoms with E-state index in [4.69, 9.17) is 21.1 Å². The fourth-order valence-electron chi connectivity index (χ4n) is 3.68. The summed E-state index contributed by atoms with van der Waals surface area (Å²) in [5.41, 5.74) is 4.34. The lowest BCUT2D eigenvalue weighted by atomic mass is 10.0. The van der Waals surface area contributed by atoms with Crippen molar-refractivity contribution in [3.05, 3.63) is 58.2 Å². The summed E-state index contributed by atoms with van der Waals surface area (Å²) in [6.45, 7) is 1.31. The van der Waals surface area contributed by atoms with Crippen molar-refractivity contribution >= 4 is 28.4 Å². The maximum absolute atomic E-state index is 12.9. The van der Waals surface area contributed by atoms with Crippen LogP contribution in [0.25, 0.3) is 10.9 Å². The number of H-pyrrole nitrogens is 1. The van der Waals surface area contributed by atoms with Crippen LogP contribution in [0.5, 0.6) is 11.5 Å². The number of carbonyl (C=O) groups excluding carboxylic acids is 1. The number of ether oxygens (including phenoxy) is 2. The topological polar surface area (TPSA) is 54.6 Å². The molecule has 0 radical (unpaired) electrons. The predicted molar refractivity (Wildman–Crippen MR) is 106 cm³/mol. The Morgan fingerprint density at radius 3 is 2.74 bits per heavy atom. The van der Waals surface area contributed by atoms with Gasteiger partial charge in [-0.15, -0.1) is 0 Å². The van der Waals surface area contributed by atoms with Gasteiger partial charge in [0.05, 0.1) is 20.6 Å². The average Bonchev–Trinajstić information content (AvgIpc) is 3.04. The highest BCUT2D eigenvalue weighted by molar-refractivity contribution is 6.31. The van der Waals surface area contributed by atoms with Gasteiger partial charge in [0.25, 0.3) is 0 Å². The zero-order chi connectivity index (χ0) is 19.0. The SMILES string of the molecule is COc1ccc(CC(=O)N2CCc3[nH]c4ccc(Cl)cc4c3C2)cc1OC. The number of nitrogens with zero attached hydrogens (tertiary/aromatic N) is 1. The van der Waals surface area contributed by atoms with Gasteiger partial charge in [0.15, 0.2) is 11.5 Å². The van der Waals surface area contributed by atoms with Crippen molar-refractivity contribution in [2.24, 2.45) is 0 Å². The lowest BCUT2D eigenvalue weighted by Crippen LogP contribution is -2.36. The third-order valence-corrected chi connectivity index (χ3v) is 5.33. The Morgan fingerprint density at radius 2 is 1.96 bits per heavy atom. The fraction of sp³-hybridized carbons (Fsp3) is 0.286. The molecule has 1 amide bonds. The van der Waals surface area contributed by atoms with Gasteiger partial charge in [0.2, 0.25) is 5.91 Å². The van der Waals surface area contributed by atoms with Gasteiger partial charge in [0.1, 0.15) is 0 Å². The van der Waals surface area contributed by atoms with Crippen LogP contribution in [0.3, 0.4) is 0 Å². The second-order valence-electron chi connectivity index (χ2n) is 6.70. The van der Waals surface area contributed by atoms with Gasteiger partial charge in [0, 0.05) is 46.7 Å². The van der Waals surface area contributed by atoms with Crippen molar-refractivity contribution in [1.82, 2.24) is 9.88 Å². The number of aromatic amines is 1. The number of fused-ring (bicyclic) bond motifs is 3. The summed E-state index contributed by atoms with van der Waals surface area (Å²) in [6, 6.07) is 11.4. The van der Waals surface area contributed by atoms with E-state index in [1.807, 2.05) is 41.3 Å². The molecule has 0 bridgehead atoms. The second-order valence-corrected chi connectivity index (χ2v) is 7.14. The Bertz CT molecular complexity index is 1010. The van der Waals surface area contributed by atoms with Crippen LogP contribution < -0.4 is 9.47 Å². The number of amides is 1. The summed E-state index contributed by atoms with van der Waals surface area (Å²) in [7, 11) is 3.19. The highest BCUT2D eigenvalue weighted by Gasteiger charge is 2.24. The maximum Gasteiger partial charge on any atom is 0.227 e. The minimum absolute atomic E-state index is 0.101. The number of nitrogens with one attached hydrogen (secondary N) is 1. The quantitative estimate of drug-likeness (QED) is 0.740. The van der Waals surface area contributed by atoms with E-state index in [2.05, 4.69) is 4.98 Å². The van der Waals surface area contributed by atoms with Crippen LogP contribution in [-0.2, 0) is 24.2 Å². The molecule has 1 aliphatic rings. The monoisotopic (exact) mass is 384 g/mol. The van der Waals surface area contributed by atoms with Gasteiger partial charge >= 0.3 is 0 Å². The van der Waals surface area contributed by atoms with Crippen LogP contribution in [0.15, 0.2) is 36.4 Å². The molecule has 2 aromatic carbocycles. The summed E-state index contributed by atoms with van der Waals surface area (Å²) in [5.74, 6) is 1.39. The number of aromatic nitrogens is 1. The number of rotatable bonds is 4. The first-order valence-corrected chi connectivity index (χ1v) is 9.24. The number of methoxy groups -OCH3 is 2. The molecular weight excluding hydrogens is 364 g/mol. The van der Waals surface area contributed by atoms with Crippen molar-refractivity contribution in [1.29, 1.82) is 0 Å². The first-order valence-electron chi connectivity index (χ1n) is 8.86. The molecule has 5 nitrogen and oxygen atoms in total. The van der Waals surface area contributed by atoms with E-state index in [9.17, 15) is 4.79 Å². The first-order chi connectivity index (χ1) is 13.1. The minimum atomic E-state index is 0.101. The minimum Gasteiger partial charge on any atom is -0.493 e. The molecule has 0 spiro atoms. The molecule has 3 aromatic rings. The Morgan fingerprint density at radius 1 is 1.15 bits per heavy atom. The zero-order valence-electron chi connectivity index (χ0n) is 15.3. The Balaban J connectivity index is 1.54. The molecule has 1 aliphatic heterocycles. The molecule has 4 rings (SSSR count). The van der Waals surface area contributed by atoms with Gasteiger partial charge in [-0.1, -0.05) is 17.7 Å². The van der Waals surface area contributed by atoms with Gasteiger partial charge in [-0.05, 0) is 35.9 Å². The summed E-state index contributed by atoms with van der Waals surface area (Å²) in [4.78, 5) is 18.2. The van der Waals surface area contributed by atoms with Crippen molar-refractivity contribution in [3.63, 3.8) is 0 Å². The molecule has 0 aliphatic carbocycles. The van der Waals surface area contributed by atoms with Crippen molar-refractivity contribution in [3.8, 4) is 11.5 Å². The number of hydrogen-bond donors (Lipinski definition) is 1. The highest BCUT2D eigenvalue weighted by Crippen LogP contribution is 2.31. The molecule has 1 aromatic heterocycles. The van der Waals surface area contributed by atoms with Gasteiger partial charge in [-0.3, -0.25) is 4.79 Å². The molecule has 0 saturated carbocycles. The number of halogens is 1. The van der Waals surface area contributed by atoms with Crippen molar-refractivity contribution in [2.45, 2.75) is 19.4 Å². The first kappa shape index (κ1) is 17.7. The fourth-order valence-corrected chi connectivity index (χ4v) is 3.85. The van der Waals surface area contributed by atoms with Crippen LogP contribution in [0.1, 0.15) is 16.8 Å². The highest BCUT2D eigenvalue weighted by atomic mass is 35.5. The molecule has 0 unspecified atom stereocenters. The summed E-state index contributed by atoms with van der Waals surface area (Å²) in [6.07, 6.45) is 1.15. The predicted octanol–water partition coefficient (Wildman–Crippen LogP) is 3.97.